The maximum Gasteiger partial charge on any atom is 0.237 e. The number of pyridine rings is 2. The number of aliphatic hydroxyl groups excluding tert-OH is 2. The van der Waals surface area contributed by atoms with Crippen molar-refractivity contribution in [3.63, 3.8) is 0 Å². The second kappa shape index (κ2) is 9.65. The Balaban J connectivity index is 1.11. The summed E-state index contributed by atoms with van der Waals surface area (Å²) in [6.45, 7) is 4.41. The lowest BCUT2D eigenvalue weighted by Gasteiger charge is -2.37. The predicted octanol–water partition coefficient (Wildman–Crippen LogP) is 1.91. The fraction of sp³-hybridized carbons (Fsp3) is 0.536. The van der Waals surface area contributed by atoms with Crippen LogP contribution in [0.2, 0.25) is 0 Å². The topological polar surface area (TPSA) is 131 Å². The van der Waals surface area contributed by atoms with Crippen LogP contribution in [0.25, 0.3) is 10.9 Å². The molecular formula is C28H34N8O3. The van der Waals surface area contributed by atoms with Gasteiger partial charge in [0.1, 0.15) is 11.3 Å². The maximum atomic E-state index is 12.7. The molecule has 3 N–H and O–H groups in total. The van der Waals surface area contributed by atoms with Crippen LogP contribution in [0.3, 0.4) is 0 Å². The van der Waals surface area contributed by atoms with Crippen molar-refractivity contribution in [2.45, 2.75) is 69.9 Å². The number of rotatable bonds is 6. The van der Waals surface area contributed by atoms with Crippen LogP contribution in [-0.2, 0) is 17.8 Å². The Hall–Kier alpha value is -3.41. The van der Waals surface area contributed by atoms with Crippen LogP contribution in [0.5, 0.6) is 0 Å². The normalized spacial score (nSPS) is 23.7. The molecule has 0 radical (unpaired) electrons. The van der Waals surface area contributed by atoms with E-state index in [0.29, 0.717) is 68.7 Å². The molecule has 3 aromatic rings. The van der Waals surface area contributed by atoms with Gasteiger partial charge in [-0.25, -0.2) is 19.9 Å². The Morgan fingerprint density at radius 2 is 1.90 bits per heavy atom. The molecule has 11 heteroatoms. The standard InChI is InChI=1S/C28H34N8O3/c1-16(37)23-10-18-11-29-28(33-26(18)27(31-23)36-19-3-4-20(36)6-5-19)32-24-7-2-17-12-35(9-8-22(17)30-24)25(39)15-34-13-21(38)14-34/h2,7,10-11,16,19-21,37-38H,3-6,8-9,12-15H2,1H3,(H,29,30,32,33)/t16-,19?,20?/m1/s1. The van der Waals surface area contributed by atoms with Gasteiger partial charge in [-0.1, -0.05) is 6.07 Å². The lowest BCUT2D eigenvalue weighted by Crippen LogP contribution is -2.54. The highest BCUT2D eigenvalue weighted by atomic mass is 16.3. The van der Waals surface area contributed by atoms with Gasteiger partial charge in [-0.2, -0.15) is 0 Å². The molecule has 0 aliphatic carbocycles. The van der Waals surface area contributed by atoms with Gasteiger partial charge in [-0.15, -0.1) is 0 Å². The van der Waals surface area contributed by atoms with Gasteiger partial charge in [0.05, 0.1) is 24.4 Å². The summed E-state index contributed by atoms with van der Waals surface area (Å²) in [5.41, 5.74) is 3.45. The quantitative estimate of drug-likeness (QED) is 0.434. The first-order chi connectivity index (χ1) is 18.9. The number of nitrogens with one attached hydrogen (secondary N) is 1. The average Bonchev–Trinajstić information content (AvgIpc) is 3.52. The lowest BCUT2D eigenvalue weighted by atomic mass is 10.0. The van der Waals surface area contributed by atoms with Crippen molar-refractivity contribution >= 4 is 34.4 Å². The van der Waals surface area contributed by atoms with Crippen LogP contribution >= 0.6 is 0 Å². The van der Waals surface area contributed by atoms with Gasteiger partial charge in [-0.05, 0) is 50.3 Å². The summed E-state index contributed by atoms with van der Waals surface area (Å²) in [7, 11) is 0. The maximum absolute atomic E-state index is 12.7. The van der Waals surface area contributed by atoms with Gasteiger partial charge in [0, 0.05) is 62.0 Å². The van der Waals surface area contributed by atoms with Gasteiger partial charge in [0.25, 0.3) is 0 Å². The van der Waals surface area contributed by atoms with Crippen LogP contribution in [0.4, 0.5) is 17.6 Å². The molecule has 0 unspecified atom stereocenters. The fourth-order valence-corrected chi connectivity index (χ4v) is 6.53. The molecule has 0 spiro atoms. The zero-order valence-electron chi connectivity index (χ0n) is 22.1. The molecule has 39 heavy (non-hydrogen) atoms. The molecule has 0 saturated carbocycles. The Kier molecular flexibility index (Phi) is 6.09. The molecule has 1 atom stereocenters. The summed E-state index contributed by atoms with van der Waals surface area (Å²) in [4.78, 5) is 38.1. The third kappa shape index (κ3) is 4.58. The van der Waals surface area contributed by atoms with Crippen molar-refractivity contribution in [2.75, 3.05) is 36.4 Å². The second-order valence-electron chi connectivity index (χ2n) is 11.4. The van der Waals surface area contributed by atoms with Crippen molar-refractivity contribution in [3.8, 4) is 0 Å². The van der Waals surface area contributed by atoms with Crippen molar-refractivity contribution in [3.05, 3.63) is 41.3 Å². The van der Waals surface area contributed by atoms with Crippen LogP contribution in [0, 0.1) is 0 Å². The minimum absolute atomic E-state index is 0.0916. The van der Waals surface area contributed by atoms with Gasteiger partial charge >= 0.3 is 0 Å². The summed E-state index contributed by atoms with van der Waals surface area (Å²) < 4.78 is 0. The van der Waals surface area contributed by atoms with E-state index in [1.807, 2.05) is 28.0 Å². The van der Waals surface area contributed by atoms with E-state index in [1.165, 1.54) is 25.7 Å². The number of aromatic nitrogens is 4. The molecule has 4 aliphatic rings. The molecule has 3 aromatic heterocycles. The van der Waals surface area contributed by atoms with E-state index in [9.17, 15) is 15.0 Å². The molecule has 4 aliphatic heterocycles. The van der Waals surface area contributed by atoms with E-state index >= 15 is 0 Å². The molecule has 7 rings (SSSR count). The molecule has 11 nitrogen and oxygen atoms in total. The van der Waals surface area contributed by atoms with Crippen LogP contribution in [0.15, 0.2) is 24.4 Å². The number of hydrogen-bond donors (Lipinski definition) is 3. The van der Waals surface area contributed by atoms with Gasteiger partial charge < -0.3 is 25.3 Å². The summed E-state index contributed by atoms with van der Waals surface area (Å²) in [6, 6.07) is 6.75. The summed E-state index contributed by atoms with van der Waals surface area (Å²) in [5, 5.41) is 23.9. The number of amides is 1. The number of carbonyl (C=O) groups excluding carboxylic acids is 1. The van der Waals surface area contributed by atoms with Crippen molar-refractivity contribution in [2.24, 2.45) is 0 Å². The SMILES string of the molecule is C[C@@H](O)c1cc2cnc(Nc3ccc4c(n3)CCN(C(=O)CN3CC(O)C3)C4)nc2c(N2C3CCC2CC3)n1. The van der Waals surface area contributed by atoms with E-state index < -0.39 is 6.10 Å². The number of nitrogens with zero attached hydrogens (tertiary/aromatic N) is 7. The van der Waals surface area contributed by atoms with Crippen LogP contribution in [0.1, 0.15) is 55.7 Å². The van der Waals surface area contributed by atoms with Crippen LogP contribution < -0.4 is 10.2 Å². The summed E-state index contributed by atoms with van der Waals surface area (Å²) in [5.74, 6) is 2.06. The van der Waals surface area contributed by atoms with Crippen molar-refractivity contribution in [1.82, 2.24) is 29.7 Å². The summed E-state index contributed by atoms with van der Waals surface area (Å²) >= 11 is 0. The highest BCUT2D eigenvalue weighted by molar-refractivity contribution is 5.90. The monoisotopic (exact) mass is 530 g/mol. The minimum atomic E-state index is -0.666. The molecule has 204 valence electrons. The number of carbonyl (C=O) groups is 1. The fourth-order valence-electron chi connectivity index (χ4n) is 6.53. The third-order valence-electron chi connectivity index (χ3n) is 8.63. The van der Waals surface area contributed by atoms with Gasteiger partial charge in [-0.3, -0.25) is 9.69 Å². The Labute approximate surface area is 226 Å². The molecule has 7 heterocycles. The smallest absolute Gasteiger partial charge is 0.237 e. The van der Waals surface area contributed by atoms with E-state index in [0.717, 1.165) is 28.0 Å². The zero-order chi connectivity index (χ0) is 26.7. The first kappa shape index (κ1) is 24.6. The first-order valence-corrected chi connectivity index (χ1v) is 14.0. The van der Waals surface area contributed by atoms with Crippen LogP contribution in [-0.4, -0.2) is 90.2 Å². The number of fused-ring (bicyclic) bond motifs is 4. The number of anilines is 3. The number of likely N-dealkylation sites (tertiary alicyclic amines) is 1. The van der Waals surface area contributed by atoms with Crippen molar-refractivity contribution in [1.29, 1.82) is 0 Å². The molecule has 3 saturated heterocycles. The Bertz CT molecular complexity index is 1410. The minimum Gasteiger partial charge on any atom is -0.390 e. The third-order valence-corrected chi connectivity index (χ3v) is 8.63. The number of hydrogen-bond acceptors (Lipinski definition) is 10. The van der Waals surface area contributed by atoms with Gasteiger partial charge in [0.2, 0.25) is 11.9 Å². The lowest BCUT2D eigenvalue weighted by molar-refractivity contribution is -0.136. The number of β-amino-alcohol motifs (C(OH)–C–C–N with tert-alkyl or cyclic N) is 1. The Morgan fingerprint density at radius 1 is 1.13 bits per heavy atom. The first-order valence-electron chi connectivity index (χ1n) is 14.0. The highest BCUT2D eigenvalue weighted by Gasteiger charge is 2.41. The molecule has 1 amide bonds. The molecule has 0 aromatic carbocycles. The highest BCUT2D eigenvalue weighted by Crippen LogP contribution is 2.42. The number of aliphatic hydroxyl groups is 2. The average molecular weight is 531 g/mol. The largest absolute Gasteiger partial charge is 0.390 e. The van der Waals surface area contributed by atoms with E-state index in [2.05, 4.69) is 15.2 Å². The van der Waals surface area contributed by atoms with Gasteiger partial charge in [0.15, 0.2) is 5.82 Å². The zero-order valence-corrected chi connectivity index (χ0v) is 22.1. The molecular weight excluding hydrogens is 496 g/mol. The van der Waals surface area contributed by atoms with E-state index in [1.54, 1.807) is 13.1 Å². The predicted molar refractivity (Wildman–Crippen MR) is 146 cm³/mol. The molecule has 2 bridgehead atoms. The summed E-state index contributed by atoms with van der Waals surface area (Å²) in [6.07, 6.45) is 6.20. The Morgan fingerprint density at radius 3 is 2.62 bits per heavy atom. The van der Waals surface area contributed by atoms with E-state index in [-0.39, 0.29) is 12.0 Å². The van der Waals surface area contributed by atoms with E-state index in [4.69, 9.17) is 15.0 Å². The van der Waals surface area contributed by atoms with Crippen molar-refractivity contribution < 1.29 is 15.0 Å². The molecule has 3 fully saturated rings. The second-order valence-corrected chi connectivity index (χ2v) is 11.4.